The molecule has 1 aliphatic rings. The number of hydrogen-bond acceptors (Lipinski definition) is 3. The third-order valence-electron chi connectivity index (χ3n) is 2.15. The summed E-state index contributed by atoms with van der Waals surface area (Å²) in [6.07, 6.45) is -0.0181. The first-order valence-electron chi connectivity index (χ1n) is 3.97. The van der Waals surface area contributed by atoms with E-state index in [1.54, 1.807) is 18.2 Å². The molecule has 0 bridgehead atoms. The van der Waals surface area contributed by atoms with E-state index in [1.807, 2.05) is 0 Å². The van der Waals surface area contributed by atoms with Crippen molar-refractivity contribution in [3.05, 3.63) is 29.3 Å². The van der Waals surface area contributed by atoms with E-state index < -0.39 is 0 Å². The largest absolute Gasteiger partial charge is 0.496 e. The maximum absolute atomic E-state index is 11.4. The average molecular weight is 176 g/mol. The highest BCUT2D eigenvalue weighted by atomic mass is 16.5. The molecule has 0 saturated heterocycles. The van der Waals surface area contributed by atoms with Crippen LogP contribution >= 0.6 is 0 Å². The fourth-order valence-corrected chi connectivity index (χ4v) is 1.55. The van der Waals surface area contributed by atoms with E-state index in [2.05, 4.69) is 0 Å². The van der Waals surface area contributed by atoms with Gasteiger partial charge < -0.3 is 4.74 Å². The Labute approximate surface area is 75.3 Å². The molecule has 13 heavy (non-hydrogen) atoms. The van der Waals surface area contributed by atoms with Crippen LogP contribution < -0.4 is 4.74 Å². The van der Waals surface area contributed by atoms with Gasteiger partial charge in [0.1, 0.15) is 5.75 Å². The summed E-state index contributed by atoms with van der Waals surface area (Å²) in [5.74, 6) is 0.240. The third kappa shape index (κ3) is 1.04. The number of fused-ring (bicyclic) bond motifs is 1. The van der Waals surface area contributed by atoms with E-state index in [4.69, 9.17) is 4.74 Å². The Morgan fingerprint density at radius 2 is 2.00 bits per heavy atom. The molecule has 0 heterocycles. The molecule has 0 atom stereocenters. The molecule has 0 radical (unpaired) electrons. The zero-order valence-corrected chi connectivity index (χ0v) is 7.16. The Morgan fingerprint density at radius 1 is 1.23 bits per heavy atom. The van der Waals surface area contributed by atoms with E-state index >= 15 is 0 Å². The predicted molar refractivity (Wildman–Crippen MR) is 46.3 cm³/mol. The number of rotatable bonds is 1. The van der Waals surface area contributed by atoms with Gasteiger partial charge in [-0.1, -0.05) is 12.1 Å². The fourth-order valence-electron chi connectivity index (χ4n) is 1.55. The normalized spacial score (nSPS) is 14.5. The highest BCUT2D eigenvalue weighted by molar-refractivity contribution is 6.25. The summed E-state index contributed by atoms with van der Waals surface area (Å²) >= 11 is 0. The second-order valence-corrected chi connectivity index (χ2v) is 2.91. The van der Waals surface area contributed by atoms with Gasteiger partial charge >= 0.3 is 0 Å². The Morgan fingerprint density at radius 3 is 2.69 bits per heavy atom. The lowest BCUT2D eigenvalue weighted by Gasteiger charge is -2.03. The van der Waals surface area contributed by atoms with Crippen molar-refractivity contribution in [3.8, 4) is 5.75 Å². The van der Waals surface area contributed by atoms with Crippen LogP contribution in [0.1, 0.15) is 27.1 Å². The van der Waals surface area contributed by atoms with Crippen LogP contribution in [0.25, 0.3) is 0 Å². The topological polar surface area (TPSA) is 43.4 Å². The lowest BCUT2D eigenvalue weighted by molar-refractivity contribution is 0.0922. The Bertz CT molecular complexity index is 393. The Hall–Kier alpha value is -1.64. The number of Topliss-reactive ketones (excluding diaryl/α,β-unsaturated/α-hetero) is 2. The van der Waals surface area contributed by atoms with E-state index in [0.717, 1.165) is 0 Å². The molecule has 0 spiro atoms. The minimum atomic E-state index is -0.141. The number of carbonyl (C=O) groups excluding carboxylic acids is 2. The Balaban J connectivity index is 2.69. The van der Waals surface area contributed by atoms with Crippen LogP contribution in [0.5, 0.6) is 5.75 Å². The zero-order chi connectivity index (χ0) is 9.42. The third-order valence-corrected chi connectivity index (χ3v) is 2.15. The molecule has 1 aliphatic carbocycles. The first-order chi connectivity index (χ1) is 6.24. The maximum atomic E-state index is 11.4. The lowest BCUT2D eigenvalue weighted by atomic mass is 10.1. The molecule has 0 aliphatic heterocycles. The summed E-state index contributed by atoms with van der Waals surface area (Å²) in [4.78, 5) is 22.6. The highest BCUT2D eigenvalue weighted by Gasteiger charge is 2.29. The molecular formula is C10H8O3. The summed E-state index contributed by atoms with van der Waals surface area (Å²) in [6, 6.07) is 5.06. The van der Waals surface area contributed by atoms with E-state index in [-0.39, 0.29) is 18.0 Å². The van der Waals surface area contributed by atoms with Crippen LogP contribution in [0.3, 0.4) is 0 Å². The van der Waals surface area contributed by atoms with Crippen LogP contribution in [0.2, 0.25) is 0 Å². The number of hydrogen-bond donors (Lipinski definition) is 0. The van der Waals surface area contributed by atoms with Gasteiger partial charge in [0.25, 0.3) is 0 Å². The van der Waals surface area contributed by atoms with E-state index in [0.29, 0.717) is 16.9 Å². The molecule has 0 saturated carbocycles. The van der Waals surface area contributed by atoms with Gasteiger partial charge in [-0.3, -0.25) is 9.59 Å². The van der Waals surface area contributed by atoms with Crippen LogP contribution in [0, 0.1) is 0 Å². The standard InChI is InChI=1S/C10H8O3/c1-13-9-4-2-3-6-7(11)5-8(12)10(6)9/h2-4H,5H2,1H3. The van der Waals surface area contributed by atoms with Crippen LogP contribution in [0.15, 0.2) is 18.2 Å². The zero-order valence-electron chi connectivity index (χ0n) is 7.16. The first-order valence-corrected chi connectivity index (χ1v) is 3.97. The van der Waals surface area contributed by atoms with Crippen molar-refractivity contribution in [1.29, 1.82) is 0 Å². The molecule has 1 aromatic carbocycles. The molecule has 0 aromatic heterocycles. The number of benzene rings is 1. The van der Waals surface area contributed by atoms with Crippen molar-refractivity contribution in [2.45, 2.75) is 6.42 Å². The van der Waals surface area contributed by atoms with Gasteiger partial charge in [0.15, 0.2) is 11.6 Å². The molecule has 2 rings (SSSR count). The van der Waals surface area contributed by atoms with Crippen molar-refractivity contribution in [2.24, 2.45) is 0 Å². The lowest BCUT2D eigenvalue weighted by Crippen LogP contribution is -1.96. The van der Waals surface area contributed by atoms with E-state index in [1.165, 1.54) is 7.11 Å². The van der Waals surface area contributed by atoms with Gasteiger partial charge in [0, 0.05) is 5.56 Å². The minimum Gasteiger partial charge on any atom is -0.496 e. The molecule has 66 valence electrons. The summed E-state index contributed by atoms with van der Waals surface area (Å²) in [5.41, 5.74) is 0.930. The van der Waals surface area contributed by atoms with Crippen LogP contribution in [-0.2, 0) is 0 Å². The molecule has 0 fully saturated rings. The highest BCUT2D eigenvalue weighted by Crippen LogP contribution is 2.29. The van der Waals surface area contributed by atoms with Gasteiger partial charge in [-0.15, -0.1) is 0 Å². The van der Waals surface area contributed by atoms with Gasteiger partial charge in [-0.2, -0.15) is 0 Å². The quantitative estimate of drug-likeness (QED) is 0.608. The summed E-state index contributed by atoms with van der Waals surface area (Å²) < 4.78 is 5.00. The second-order valence-electron chi connectivity index (χ2n) is 2.91. The van der Waals surface area contributed by atoms with Gasteiger partial charge in [-0.25, -0.2) is 0 Å². The molecular weight excluding hydrogens is 168 g/mol. The van der Waals surface area contributed by atoms with Crippen molar-refractivity contribution in [2.75, 3.05) is 7.11 Å². The molecule has 1 aromatic rings. The molecule has 0 amide bonds. The number of carbonyl (C=O) groups is 2. The van der Waals surface area contributed by atoms with E-state index in [9.17, 15) is 9.59 Å². The monoisotopic (exact) mass is 176 g/mol. The predicted octanol–water partition coefficient (Wildman–Crippen LogP) is 1.46. The summed E-state index contributed by atoms with van der Waals surface area (Å²) in [5, 5.41) is 0. The number of ketones is 2. The van der Waals surface area contributed by atoms with Crippen LogP contribution in [0.4, 0.5) is 0 Å². The smallest absolute Gasteiger partial charge is 0.175 e. The maximum Gasteiger partial charge on any atom is 0.175 e. The second kappa shape index (κ2) is 2.69. The molecule has 0 unspecified atom stereocenters. The molecule has 3 nitrogen and oxygen atoms in total. The Kier molecular flexibility index (Phi) is 1.65. The van der Waals surface area contributed by atoms with Crippen molar-refractivity contribution >= 4 is 11.6 Å². The first kappa shape index (κ1) is 7.98. The average Bonchev–Trinajstić information content (AvgIpc) is 2.43. The van der Waals surface area contributed by atoms with Gasteiger partial charge in [0.2, 0.25) is 0 Å². The molecule has 0 N–H and O–H groups in total. The van der Waals surface area contributed by atoms with Crippen molar-refractivity contribution < 1.29 is 14.3 Å². The van der Waals surface area contributed by atoms with Gasteiger partial charge in [0.05, 0.1) is 19.1 Å². The SMILES string of the molecule is COc1cccc2c1C(=O)CC2=O. The summed E-state index contributed by atoms with van der Waals surface area (Å²) in [6.45, 7) is 0. The summed E-state index contributed by atoms with van der Waals surface area (Å²) in [7, 11) is 1.49. The van der Waals surface area contributed by atoms with Gasteiger partial charge in [-0.05, 0) is 6.07 Å². The number of methoxy groups -OCH3 is 1. The molecule has 3 heteroatoms. The minimum absolute atomic E-state index is 0.0181. The van der Waals surface area contributed by atoms with Crippen molar-refractivity contribution in [1.82, 2.24) is 0 Å². The fraction of sp³-hybridized carbons (Fsp3) is 0.200. The van der Waals surface area contributed by atoms with Crippen LogP contribution in [-0.4, -0.2) is 18.7 Å². The van der Waals surface area contributed by atoms with Crippen molar-refractivity contribution in [3.63, 3.8) is 0 Å². The number of ether oxygens (including phenoxy) is 1.